The van der Waals surface area contributed by atoms with E-state index in [-0.39, 0.29) is 0 Å². The summed E-state index contributed by atoms with van der Waals surface area (Å²) in [6, 6.07) is 7.92. The van der Waals surface area contributed by atoms with Crippen LogP contribution in [0.15, 0.2) is 24.3 Å². The molecule has 0 aliphatic carbocycles. The zero-order valence-electron chi connectivity index (χ0n) is 12.7. The maximum absolute atomic E-state index is 5.66. The molecule has 0 bridgehead atoms. The van der Waals surface area contributed by atoms with E-state index in [9.17, 15) is 0 Å². The Hall–Kier alpha value is -0.0600. The maximum Gasteiger partial charge on any atom is 0.118 e. The number of benzene rings is 1. The fourth-order valence-corrected chi connectivity index (χ4v) is 5.99. The van der Waals surface area contributed by atoms with Gasteiger partial charge in [-0.3, -0.25) is 4.67 Å². The molecule has 0 radical (unpaired) electrons. The Morgan fingerprint density at radius 3 is 2.10 bits per heavy atom. The van der Waals surface area contributed by atoms with Gasteiger partial charge in [-0.15, -0.1) is 11.8 Å². The molecule has 1 atom stereocenters. The molecule has 21 heavy (non-hydrogen) atoms. The van der Waals surface area contributed by atoms with E-state index in [2.05, 4.69) is 9.99 Å². The second-order valence-electron chi connectivity index (χ2n) is 5.45. The van der Waals surface area contributed by atoms with E-state index < -0.39 is 5.39 Å². The number of ether oxygens (including phenoxy) is 1. The summed E-state index contributed by atoms with van der Waals surface area (Å²) >= 11 is 11.3. The van der Waals surface area contributed by atoms with Crippen molar-refractivity contribution in [1.29, 1.82) is 0 Å². The Morgan fingerprint density at radius 2 is 1.67 bits per heavy atom. The van der Waals surface area contributed by atoms with E-state index in [1.54, 1.807) is 7.11 Å². The lowest BCUT2D eigenvalue weighted by Crippen LogP contribution is -2.80. The van der Waals surface area contributed by atoms with Gasteiger partial charge in [-0.1, -0.05) is 17.5 Å². The molecular formula is C15H25N2OPS2. The number of nitrogens with two attached hydrogens (primary N) is 1. The first kappa shape index (κ1) is 17.3. The van der Waals surface area contributed by atoms with Gasteiger partial charge in [0.05, 0.1) is 20.2 Å². The molecule has 2 fully saturated rings. The highest BCUT2D eigenvalue weighted by Crippen LogP contribution is 2.48. The van der Waals surface area contributed by atoms with Crippen molar-refractivity contribution < 1.29 is 10.1 Å². The van der Waals surface area contributed by atoms with Crippen molar-refractivity contribution in [3.05, 3.63) is 24.3 Å². The number of methoxy groups -OCH3 is 1. The van der Waals surface area contributed by atoms with Crippen molar-refractivity contribution in [2.45, 2.75) is 25.7 Å². The van der Waals surface area contributed by atoms with Crippen molar-refractivity contribution in [3.63, 3.8) is 0 Å². The minimum atomic E-state index is -1.93. The summed E-state index contributed by atoms with van der Waals surface area (Å²) < 4.78 is 7.44. The topological polar surface area (TPSA) is 29.1 Å². The average Bonchev–Trinajstić information content (AvgIpc) is 3.22. The number of hydrogen-bond donors (Lipinski definition) is 1. The van der Waals surface area contributed by atoms with E-state index in [4.69, 9.17) is 28.8 Å². The number of rotatable bonds is 3. The second-order valence-corrected chi connectivity index (χ2v) is 11.4. The lowest BCUT2D eigenvalue weighted by atomic mass is 10.3. The van der Waals surface area contributed by atoms with E-state index in [0.717, 1.165) is 24.1 Å². The van der Waals surface area contributed by atoms with Gasteiger partial charge in [0.25, 0.3) is 0 Å². The van der Waals surface area contributed by atoms with E-state index in [0.29, 0.717) is 0 Å². The Balaban J connectivity index is 0.000000272. The highest BCUT2D eigenvalue weighted by Gasteiger charge is 2.19. The molecule has 0 spiro atoms. The van der Waals surface area contributed by atoms with Crippen LogP contribution in [0.2, 0.25) is 0 Å². The van der Waals surface area contributed by atoms with Crippen LogP contribution in [0.25, 0.3) is 0 Å². The molecule has 2 heterocycles. The standard InChI is InChI=1S/C11H16NOPS2.C4H9N/c1-13-10-4-6-11(7-5-10)14(15,16)12-8-2-3-9-12;1-2-4-5-3-1/h4-7H,2-3,8-9H2,1H3,(H,15,16);5H,1-4H2. The molecular weight excluding hydrogens is 319 g/mol. The van der Waals surface area contributed by atoms with Crippen LogP contribution in [0.4, 0.5) is 0 Å². The Labute approximate surface area is 138 Å². The summed E-state index contributed by atoms with van der Waals surface area (Å²) in [5, 5.41) is 1.54. The molecule has 2 saturated heterocycles. The SMILES string of the molecule is C1CC[NH2+]C1.COc1ccc(P(=S)([S-])N2CCCC2)cc1. The molecule has 6 heteroatoms. The molecule has 1 aromatic rings. The third-order valence-electron chi connectivity index (χ3n) is 3.92. The summed E-state index contributed by atoms with van der Waals surface area (Å²) in [5.74, 6) is 0.857. The molecule has 2 aliphatic heterocycles. The minimum Gasteiger partial charge on any atom is -0.727 e. The number of hydrogen-bond acceptors (Lipinski definition) is 3. The smallest absolute Gasteiger partial charge is 0.118 e. The predicted octanol–water partition coefficient (Wildman–Crippen LogP) is 1.62. The van der Waals surface area contributed by atoms with Gasteiger partial charge in [0.15, 0.2) is 0 Å². The molecule has 1 aromatic carbocycles. The first-order valence-corrected chi connectivity index (χ1v) is 11.4. The normalized spacial score (nSPS) is 21.4. The first-order valence-electron chi connectivity index (χ1n) is 7.67. The van der Waals surface area contributed by atoms with Gasteiger partial charge in [-0.25, -0.2) is 0 Å². The second kappa shape index (κ2) is 8.54. The van der Waals surface area contributed by atoms with Gasteiger partial charge >= 0.3 is 0 Å². The van der Waals surface area contributed by atoms with Gasteiger partial charge in [-0.05, 0) is 30.3 Å². The van der Waals surface area contributed by atoms with Crippen molar-refractivity contribution in [2.75, 3.05) is 33.3 Å². The van der Waals surface area contributed by atoms with Crippen LogP contribution in [0.1, 0.15) is 25.7 Å². The summed E-state index contributed by atoms with van der Waals surface area (Å²) in [7, 11) is 1.67. The van der Waals surface area contributed by atoms with E-state index in [1.807, 2.05) is 24.3 Å². The summed E-state index contributed by atoms with van der Waals surface area (Å²) in [5.41, 5.74) is 0. The highest BCUT2D eigenvalue weighted by atomic mass is 32.9. The first-order chi connectivity index (χ1) is 10.1. The number of quaternary nitrogens is 1. The molecule has 3 rings (SSSR count). The summed E-state index contributed by atoms with van der Waals surface area (Å²) in [6.07, 6.45) is 5.34. The fourth-order valence-electron chi connectivity index (χ4n) is 2.62. The minimum absolute atomic E-state index is 0.857. The Kier molecular flexibility index (Phi) is 7.03. The molecule has 0 aromatic heterocycles. The predicted molar refractivity (Wildman–Crippen MR) is 96.0 cm³/mol. The Bertz CT molecular complexity index is 463. The van der Waals surface area contributed by atoms with Crippen LogP contribution in [0.5, 0.6) is 5.75 Å². The number of nitrogens with zero attached hydrogens (tertiary/aromatic N) is 1. The van der Waals surface area contributed by atoms with Crippen LogP contribution in [-0.4, -0.2) is 38.0 Å². The molecule has 3 nitrogen and oxygen atoms in total. The van der Waals surface area contributed by atoms with Crippen LogP contribution in [-0.2, 0) is 24.1 Å². The molecule has 1 unspecified atom stereocenters. The largest absolute Gasteiger partial charge is 0.727 e. The van der Waals surface area contributed by atoms with Crippen molar-refractivity contribution in [2.24, 2.45) is 0 Å². The molecule has 0 amide bonds. The van der Waals surface area contributed by atoms with Crippen LogP contribution in [0.3, 0.4) is 0 Å². The lowest BCUT2D eigenvalue weighted by Gasteiger charge is -2.38. The zero-order valence-corrected chi connectivity index (χ0v) is 15.2. The van der Waals surface area contributed by atoms with Crippen molar-refractivity contribution >= 4 is 34.8 Å². The average molecular weight is 344 g/mol. The third kappa shape index (κ3) is 4.97. The van der Waals surface area contributed by atoms with Crippen LogP contribution >= 0.6 is 5.39 Å². The van der Waals surface area contributed by atoms with Gasteiger partial charge in [0, 0.05) is 25.9 Å². The van der Waals surface area contributed by atoms with Gasteiger partial charge in [0.2, 0.25) is 0 Å². The third-order valence-corrected chi connectivity index (χ3v) is 8.67. The summed E-state index contributed by atoms with van der Waals surface area (Å²) in [6.45, 7) is 4.87. The maximum atomic E-state index is 5.66. The van der Waals surface area contributed by atoms with Crippen molar-refractivity contribution in [1.82, 2.24) is 4.67 Å². The Morgan fingerprint density at radius 1 is 1.10 bits per heavy atom. The van der Waals surface area contributed by atoms with Crippen LogP contribution < -0.4 is 15.4 Å². The van der Waals surface area contributed by atoms with Gasteiger partial charge < -0.3 is 22.3 Å². The molecule has 118 valence electrons. The van der Waals surface area contributed by atoms with Gasteiger partial charge in [0.1, 0.15) is 5.75 Å². The van der Waals surface area contributed by atoms with Gasteiger partial charge in [-0.2, -0.15) is 0 Å². The monoisotopic (exact) mass is 344 g/mol. The van der Waals surface area contributed by atoms with E-state index >= 15 is 0 Å². The highest BCUT2D eigenvalue weighted by molar-refractivity contribution is 8.56. The quantitative estimate of drug-likeness (QED) is 0.666. The molecule has 0 saturated carbocycles. The molecule has 2 N–H and O–H groups in total. The van der Waals surface area contributed by atoms with Crippen molar-refractivity contribution in [3.8, 4) is 5.75 Å². The van der Waals surface area contributed by atoms with Crippen LogP contribution in [0, 0.1) is 0 Å². The van der Waals surface area contributed by atoms with E-state index in [1.165, 1.54) is 38.8 Å². The fraction of sp³-hybridized carbons (Fsp3) is 0.600. The lowest BCUT2D eigenvalue weighted by molar-refractivity contribution is -0.635. The summed E-state index contributed by atoms with van der Waals surface area (Å²) in [4.78, 5) is 0. The zero-order chi connectivity index (χ0) is 15.1. The molecule has 2 aliphatic rings.